The zero-order chi connectivity index (χ0) is 26.7. The summed E-state index contributed by atoms with van der Waals surface area (Å²) >= 11 is 0. The SMILES string of the molecule is CC1=CC23C(C)CC4C(C(C=C5COC(C)(C)OC5C2(O)C1OC(=O)c1ccc(F)cc1)C3O)C4(C)C. The quantitative estimate of drug-likeness (QED) is 0.451. The minimum atomic E-state index is -1.77. The van der Waals surface area contributed by atoms with Crippen molar-refractivity contribution < 1.29 is 33.6 Å². The lowest BCUT2D eigenvalue weighted by Gasteiger charge is -2.55. The van der Waals surface area contributed by atoms with E-state index in [1.54, 1.807) is 13.8 Å². The van der Waals surface area contributed by atoms with E-state index in [-0.39, 0.29) is 35.3 Å². The van der Waals surface area contributed by atoms with Gasteiger partial charge in [-0.15, -0.1) is 0 Å². The van der Waals surface area contributed by atoms with Crippen LogP contribution in [0.1, 0.15) is 58.3 Å². The Hall–Kier alpha value is -2.06. The molecule has 0 amide bonds. The van der Waals surface area contributed by atoms with E-state index in [9.17, 15) is 19.4 Å². The van der Waals surface area contributed by atoms with Crippen LogP contribution in [0, 0.1) is 40.3 Å². The number of carbonyl (C=O) groups is 1. The van der Waals surface area contributed by atoms with Crippen molar-refractivity contribution in [3.05, 3.63) is 58.9 Å². The molecule has 2 N–H and O–H groups in total. The Labute approximate surface area is 217 Å². The number of esters is 1. The summed E-state index contributed by atoms with van der Waals surface area (Å²) in [5.74, 6) is -1.73. The first-order valence-corrected chi connectivity index (χ1v) is 13.3. The molecule has 1 saturated heterocycles. The molecule has 4 aliphatic carbocycles. The normalized spacial score (nSPS) is 44.7. The summed E-state index contributed by atoms with van der Waals surface area (Å²) in [5.41, 5.74) is -1.16. The van der Waals surface area contributed by atoms with Crippen molar-refractivity contribution in [3.8, 4) is 0 Å². The molecule has 2 bridgehead atoms. The summed E-state index contributed by atoms with van der Waals surface area (Å²) in [6.07, 6.45) is 2.06. The highest BCUT2D eigenvalue weighted by Gasteiger charge is 2.77. The summed E-state index contributed by atoms with van der Waals surface area (Å²) in [6.45, 7) is 12.3. The fourth-order valence-electron chi connectivity index (χ4n) is 8.37. The van der Waals surface area contributed by atoms with Crippen molar-refractivity contribution in [2.75, 3.05) is 6.61 Å². The predicted octanol–water partition coefficient (Wildman–Crippen LogP) is 4.41. The molecular weight excluding hydrogens is 475 g/mol. The number of aliphatic hydroxyl groups excluding tert-OH is 1. The highest BCUT2D eigenvalue weighted by molar-refractivity contribution is 5.89. The fourth-order valence-corrected chi connectivity index (χ4v) is 8.37. The molecule has 37 heavy (non-hydrogen) atoms. The molecule has 9 unspecified atom stereocenters. The van der Waals surface area contributed by atoms with Crippen molar-refractivity contribution in [3.63, 3.8) is 0 Å². The average Bonchev–Trinajstić information content (AvgIpc) is 3.32. The second-order valence-electron chi connectivity index (χ2n) is 13.0. The van der Waals surface area contributed by atoms with Gasteiger partial charge in [0.15, 0.2) is 11.9 Å². The molecule has 9 atom stereocenters. The Morgan fingerprint density at radius 2 is 1.84 bits per heavy atom. The van der Waals surface area contributed by atoms with E-state index in [0.717, 1.165) is 12.0 Å². The topological polar surface area (TPSA) is 85.2 Å². The number of benzene rings is 1. The van der Waals surface area contributed by atoms with Crippen LogP contribution in [-0.2, 0) is 14.2 Å². The molecule has 5 aliphatic rings. The third kappa shape index (κ3) is 3.27. The van der Waals surface area contributed by atoms with Gasteiger partial charge in [0.1, 0.15) is 17.5 Å². The van der Waals surface area contributed by atoms with Gasteiger partial charge in [0.25, 0.3) is 0 Å². The smallest absolute Gasteiger partial charge is 0.338 e. The highest BCUT2D eigenvalue weighted by Crippen LogP contribution is 2.73. The van der Waals surface area contributed by atoms with Gasteiger partial charge in [-0.1, -0.05) is 32.9 Å². The molecular formula is C30H37FO6. The molecule has 1 spiro atoms. The number of aliphatic hydroxyl groups is 2. The number of rotatable bonds is 2. The van der Waals surface area contributed by atoms with Gasteiger partial charge in [0.05, 0.1) is 23.7 Å². The second-order valence-corrected chi connectivity index (χ2v) is 13.0. The third-order valence-electron chi connectivity index (χ3n) is 10.2. The first-order chi connectivity index (χ1) is 17.2. The molecule has 1 aromatic rings. The van der Waals surface area contributed by atoms with Crippen LogP contribution >= 0.6 is 0 Å². The second kappa shape index (κ2) is 7.75. The van der Waals surface area contributed by atoms with Crippen LogP contribution in [0.3, 0.4) is 0 Å². The van der Waals surface area contributed by atoms with Crippen LogP contribution in [0.25, 0.3) is 0 Å². The number of hydrogen-bond acceptors (Lipinski definition) is 6. The van der Waals surface area contributed by atoms with Gasteiger partial charge >= 0.3 is 5.97 Å². The summed E-state index contributed by atoms with van der Waals surface area (Å²) in [4.78, 5) is 13.3. The molecule has 1 heterocycles. The number of ether oxygens (including phenoxy) is 3. The Morgan fingerprint density at radius 3 is 2.51 bits per heavy atom. The van der Waals surface area contributed by atoms with Crippen molar-refractivity contribution in [2.45, 2.75) is 77.7 Å². The van der Waals surface area contributed by atoms with Crippen LogP contribution in [0.2, 0.25) is 0 Å². The van der Waals surface area contributed by atoms with Crippen LogP contribution in [0.15, 0.2) is 47.6 Å². The van der Waals surface area contributed by atoms with Gasteiger partial charge in [0, 0.05) is 5.92 Å². The maximum atomic E-state index is 13.5. The van der Waals surface area contributed by atoms with Crippen LogP contribution < -0.4 is 0 Å². The summed E-state index contributed by atoms with van der Waals surface area (Å²) < 4.78 is 32.0. The van der Waals surface area contributed by atoms with Crippen LogP contribution in [-0.4, -0.2) is 52.5 Å². The fraction of sp³-hybridized carbons (Fsp3) is 0.633. The highest BCUT2D eigenvalue weighted by atomic mass is 19.1. The van der Waals surface area contributed by atoms with Gasteiger partial charge < -0.3 is 24.4 Å². The molecule has 1 aromatic carbocycles. The molecule has 6 rings (SSSR count). The molecule has 6 nitrogen and oxygen atoms in total. The standard InChI is InChI=1S/C30H37FO6/c1-15-13-29-16(2)11-21-22(27(21,3)4)20(23(29)32)12-18-14-35-28(5,6)37-25(18)30(29,34)24(15)36-26(33)17-7-9-19(31)10-8-17/h7-10,12-13,16,20-25,32,34H,11,14H2,1-6H3. The Bertz CT molecular complexity index is 1200. The van der Waals surface area contributed by atoms with E-state index < -0.39 is 46.9 Å². The molecule has 7 heteroatoms. The van der Waals surface area contributed by atoms with Crippen LogP contribution in [0.4, 0.5) is 4.39 Å². The average molecular weight is 513 g/mol. The molecule has 3 fully saturated rings. The number of carbonyl (C=O) groups excluding carboxylic acids is 1. The zero-order valence-electron chi connectivity index (χ0n) is 22.3. The summed E-state index contributed by atoms with van der Waals surface area (Å²) in [7, 11) is 0. The predicted molar refractivity (Wildman–Crippen MR) is 134 cm³/mol. The van der Waals surface area contributed by atoms with Crippen molar-refractivity contribution in [1.82, 2.24) is 0 Å². The maximum absolute atomic E-state index is 13.5. The lowest BCUT2D eigenvalue weighted by atomic mass is 9.58. The summed E-state index contributed by atoms with van der Waals surface area (Å²) in [5, 5.41) is 25.3. The van der Waals surface area contributed by atoms with Gasteiger partial charge in [-0.05, 0) is 85.8 Å². The minimum Gasteiger partial charge on any atom is -0.451 e. The molecule has 0 radical (unpaired) electrons. The maximum Gasteiger partial charge on any atom is 0.338 e. The van der Waals surface area contributed by atoms with Gasteiger partial charge in [-0.2, -0.15) is 0 Å². The third-order valence-corrected chi connectivity index (χ3v) is 10.2. The van der Waals surface area contributed by atoms with Crippen molar-refractivity contribution >= 4 is 5.97 Å². The van der Waals surface area contributed by atoms with E-state index in [0.29, 0.717) is 11.5 Å². The van der Waals surface area contributed by atoms with Crippen molar-refractivity contribution in [2.24, 2.45) is 34.5 Å². The largest absolute Gasteiger partial charge is 0.451 e. The number of halogens is 1. The number of fused-ring (bicyclic) bond motifs is 5. The van der Waals surface area contributed by atoms with Gasteiger partial charge in [-0.3, -0.25) is 0 Å². The zero-order valence-corrected chi connectivity index (χ0v) is 22.3. The van der Waals surface area contributed by atoms with Gasteiger partial charge in [0.2, 0.25) is 0 Å². The minimum absolute atomic E-state index is 0.0813. The molecule has 1 aliphatic heterocycles. The van der Waals surface area contributed by atoms with E-state index in [2.05, 4.69) is 26.8 Å². The van der Waals surface area contributed by atoms with E-state index >= 15 is 0 Å². The lowest BCUT2D eigenvalue weighted by molar-refractivity contribution is -0.312. The first-order valence-electron chi connectivity index (χ1n) is 13.3. The molecule has 200 valence electrons. The van der Waals surface area contributed by atoms with E-state index in [1.165, 1.54) is 24.3 Å². The van der Waals surface area contributed by atoms with Crippen molar-refractivity contribution in [1.29, 1.82) is 0 Å². The molecule has 2 saturated carbocycles. The lowest BCUT2D eigenvalue weighted by Crippen LogP contribution is -2.69. The Balaban J connectivity index is 1.50. The first kappa shape index (κ1) is 25.2. The Kier molecular flexibility index (Phi) is 5.28. The molecule has 0 aromatic heterocycles. The van der Waals surface area contributed by atoms with Gasteiger partial charge in [-0.25, -0.2) is 9.18 Å². The summed E-state index contributed by atoms with van der Waals surface area (Å²) in [6, 6.07) is 5.15. The van der Waals surface area contributed by atoms with Crippen LogP contribution in [0.5, 0.6) is 0 Å². The Morgan fingerprint density at radius 1 is 1.16 bits per heavy atom. The monoisotopic (exact) mass is 512 g/mol. The number of hydrogen-bond donors (Lipinski definition) is 2. The van der Waals surface area contributed by atoms with E-state index in [4.69, 9.17) is 14.2 Å². The van der Waals surface area contributed by atoms with E-state index in [1.807, 2.05) is 13.0 Å².